The van der Waals surface area contributed by atoms with Crippen LogP contribution in [0.25, 0.3) is 0 Å². The van der Waals surface area contributed by atoms with Gasteiger partial charge in [0.25, 0.3) is 5.70 Å². The summed E-state index contributed by atoms with van der Waals surface area (Å²) in [7, 11) is 0. The van der Waals surface area contributed by atoms with E-state index in [0.29, 0.717) is 25.1 Å². The average molecular weight is 776 g/mol. The lowest BCUT2D eigenvalue weighted by Crippen LogP contribution is -2.51. The van der Waals surface area contributed by atoms with Gasteiger partial charge in [0.05, 0.1) is 30.2 Å². The van der Waals surface area contributed by atoms with Crippen LogP contribution < -0.4 is 16.0 Å². The average Bonchev–Trinajstić information content (AvgIpc) is 3.14. The number of hydrogen-bond acceptors (Lipinski definition) is 8. The molecular formula is C42H70FN5O5S. The number of allylic oxidation sites excluding steroid dienone is 3. The van der Waals surface area contributed by atoms with Crippen LogP contribution in [-0.4, -0.2) is 64.5 Å². The molecule has 2 atom stereocenters. The third kappa shape index (κ3) is 29.6. The highest BCUT2D eigenvalue weighted by Gasteiger charge is 2.25. The Bertz CT molecular complexity index is 1350. The van der Waals surface area contributed by atoms with Crippen molar-refractivity contribution in [3.63, 3.8) is 0 Å². The smallest absolute Gasteiger partial charge is 0.262 e. The van der Waals surface area contributed by atoms with E-state index in [0.717, 1.165) is 16.4 Å². The molecule has 0 saturated heterocycles. The van der Waals surface area contributed by atoms with E-state index in [9.17, 15) is 29.2 Å². The lowest BCUT2D eigenvalue weighted by molar-refractivity contribution is -0.418. The number of carbonyl (C=O) groups excluding carboxylic acids is 2. The van der Waals surface area contributed by atoms with Crippen LogP contribution in [0.5, 0.6) is 0 Å². The molecule has 0 saturated carbocycles. The van der Waals surface area contributed by atoms with Gasteiger partial charge in [0.15, 0.2) is 0 Å². The van der Waals surface area contributed by atoms with E-state index >= 15 is 0 Å². The fourth-order valence-corrected chi connectivity index (χ4v) is 5.21. The molecule has 2 aromatic rings. The largest absolute Gasteiger partial charge is 0.390 e. The minimum atomic E-state index is -0.982. The predicted octanol–water partition coefficient (Wildman–Crippen LogP) is 8.72. The molecule has 0 spiro atoms. The number of carbonyl (C=O) groups is 2. The van der Waals surface area contributed by atoms with Gasteiger partial charge in [0.1, 0.15) is 5.82 Å². The monoisotopic (exact) mass is 776 g/mol. The first-order chi connectivity index (χ1) is 25.7. The lowest BCUT2D eigenvalue weighted by Gasteiger charge is -2.30. The molecule has 12 heteroatoms. The van der Waals surface area contributed by atoms with Crippen LogP contribution in [0.2, 0.25) is 0 Å². The summed E-state index contributed by atoms with van der Waals surface area (Å²) in [5.74, 6) is -0.135. The Morgan fingerprint density at radius 2 is 1.48 bits per heavy atom. The molecule has 0 aliphatic carbocycles. The van der Waals surface area contributed by atoms with Crippen molar-refractivity contribution >= 4 is 23.8 Å². The Balaban J connectivity index is -0.00000236. The van der Waals surface area contributed by atoms with Crippen molar-refractivity contribution in [2.24, 2.45) is 11.8 Å². The van der Waals surface area contributed by atoms with Crippen LogP contribution in [0, 0.1) is 27.8 Å². The summed E-state index contributed by atoms with van der Waals surface area (Å²) in [4.78, 5) is 36.3. The molecule has 0 aromatic heterocycles. The molecule has 0 heterocycles. The zero-order valence-corrected chi connectivity index (χ0v) is 35.8. The number of nitrogens with one attached hydrogen (secondary N) is 3. The minimum absolute atomic E-state index is 0.0576. The van der Waals surface area contributed by atoms with Crippen molar-refractivity contribution in [1.29, 1.82) is 0 Å². The van der Waals surface area contributed by atoms with Crippen LogP contribution in [0.1, 0.15) is 94.2 Å². The van der Waals surface area contributed by atoms with Gasteiger partial charge in [-0.15, -0.1) is 0 Å². The Labute approximate surface area is 330 Å². The SMILES string of the molecule is C=C(/C=C\C(=C/C)SN(CC(C)C)CC(O)C(Cc1ccccc1)NC(=O)CNC(=O)CNCc1cccc(F)c1)[N+](=O)[O-].CC.CC.CC.CC(C)C. The molecule has 0 aliphatic rings. The number of nitro groups is 1. The number of aliphatic hydroxyl groups is 1. The van der Waals surface area contributed by atoms with Crippen molar-refractivity contribution in [1.82, 2.24) is 20.3 Å². The van der Waals surface area contributed by atoms with E-state index in [4.69, 9.17) is 0 Å². The highest BCUT2D eigenvalue weighted by Crippen LogP contribution is 2.25. The van der Waals surface area contributed by atoms with Crippen LogP contribution in [0.4, 0.5) is 4.39 Å². The van der Waals surface area contributed by atoms with E-state index in [1.54, 1.807) is 18.2 Å². The summed E-state index contributed by atoms with van der Waals surface area (Å²) in [5, 5.41) is 30.7. The lowest BCUT2D eigenvalue weighted by atomic mass is 10.0. The maximum Gasteiger partial charge on any atom is 0.262 e. The number of nitrogens with zero attached hydrogens (tertiary/aromatic N) is 2. The van der Waals surface area contributed by atoms with Gasteiger partial charge in [-0.3, -0.25) is 19.7 Å². The zero-order chi connectivity index (χ0) is 42.1. The maximum absolute atomic E-state index is 13.3. The zero-order valence-electron chi connectivity index (χ0n) is 34.9. The Kier molecular flexibility index (Phi) is 35.2. The molecule has 54 heavy (non-hydrogen) atoms. The van der Waals surface area contributed by atoms with E-state index < -0.39 is 28.9 Å². The summed E-state index contributed by atoms with van der Waals surface area (Å²) in [6.45, 7) is 28.6. The molecule has 0 bridgehead atoms. The van der Waals surface area contributed by atoms with Gasteiger partial charge in [-0.1, -0.05) is 125 Å². The van der Waals surface area contributed by atoms with E-state index in [1.165, 1.54) is 30.2 Å². The molecular weight excluding hydrogens is 706 g/mol. The van der Waals surface area contributed by atoms with Crippen molar-refractivity contribution in [3.05, 3.63) is 117 Å². The molecule has 2 amide bonds. The highest BCUT2D eigenvalue weighted by molar-refractivity contribution is 8.01. The van der Waals surface area contributed by atoms with Gasteiger partial charge < -0.3 is 21.1 Å². The van der Waals surface area contributed by atoms with Gasteiger partial charge in [0.2, 0.25) is 11.8 Å². The van der Waals surface area contributed by atoms with Gasteiger partial charge in [-0.2, -0.15) is 0 Å². The molecule has 0 aliphatic heterocycles. The number of hydrogen-bond donors (Lipinski definition) is 4. The summed E-state index contributed by atoms with van der Waals surface area (Å²) in [5.41, 5.74) is 1.37. The summed E-state index contributed by atoms with van der Waals surface area (Å²) < 4.78 is 15.3. The van der Waals surface area contributed by atoms with E-state index in [1.807, 2.05) is 103 Å². The summed E-state index contributed by atoms with van der Waals surface area (Å²) >= 11 is 1.35. The molecule has 0 radical (unpaired) electrons. The summed E-state index contributed by atoms with van der Waals surface area (Å²) in [6.07, 6.45) is 4.12. The van der Waals surface area contributed by atoms with Gasteiger partial charge >= 0.3 is 0 Å². The van der Waals surface area contributed by atoms with Crippen LogP contribution in [0.3, 0.4) is 0 Å². The standard InChI is InChI=1S/C32H42FN5O5S.C4H10.3C2H6/c1-5-28(15-14-24(4)38(42)43)44-37(21-23(2)3)22-30(39)29(17-25-10-7-6-8-11-25)36-32(41)20-35-31(40)19-34-18-26-12-9-13-27(33)16-26;1-4(2)3;3*1-2/h5-16,23,29-30,34,39H,4,17-22H2,1-3H3,(H,35,40)(H,36,41);4H,1-3H3;3*1-2H3/b15-14-,28-5+;;;;. The molecule has 0 fully saturated rings. The molecule has 2 aromatic carbocycles. The van der Waals surface area contributed by atoms with E-state index in [-0.39, 0.29) is 37.1 Å². The quantitative estimate of drug-likeness (QED) is 0.0482. The Morgan fingerprint density at radius 1 is 0.907 bits per heavy atom. The number of aliphatic hydroxyl groups excluding tert-OH is 1. The second-order valence-electron chi connectivity index (χ2n) is 12.3. The fourth-order valence-electron chi connectivity index (χ4n) is 4.08. The molecule has 4 N–H and O–H groups in total. The maximum atomic E-state index is 13.3. The van der Waals surface area contributed by atoms with Crippen LogP contribution in [0.15, 0.2) is 90.0 Å². The topological polar surface area (TPSA) is 137 Å². The van der Waals surface area contributed by atoms with Gasteiger partial charge in [0, 0.05) is 30.6 Å². The predicted molar refractivity (Wildman–Crippen MR) is 227 cm³/mol. The number of amides is 2. The fraction of sp³-hybridized carbons (Fsp3) is 0.524. The number of halogens is 1. The second kappa shape index (κ2) is 34.9. The first-order valence-corrected chi connectivity index (χ1v) is 19.8. The first kappa shape index (κ1) is 54.5. The van der Waals surface area contributed by atoms with Gasteiger partial charge in [-0.05, 0) is 73.0 Å². The highest BCUT2D eigenvalue weighted by atomic mass is 32.2. The third-order valence-corrected chi connectivity index (χ3v) is 7.35. The molecule has 306 valence electrons. The van der Waals surface area contributed by atoms with Gasteiger partial charge in [-0.25, -0.2) is 8.70 Å². The normalized spacial score (nSPS) is 11.8. The second-order valence-corrected chi connectivity index (χ2v) is 13.4. The Hall–Kier alpha value is -3.84. The van der Waals surface area contributed by atoms with Crippen molar-refractivity contribution in [2.45, 2.75) is 108 Å². The first-order valence-electron chi connectivity index (χ1n) is 19.0. The number of rotatable bonds is 19. The van der Waals surface area contributed by atoms with Crippen molar-refractivity contribution < 1.29 is 24.0 Å². The molecule has 2 rings (SSSR count). The van der Waals surface area contributed by atoms with Crippen LogP contribution in [-0.2, 0) is 22.6 Å². The molecule has 2 unspecified atom stereocenters. The Morgan fingerprint density at radius 3 is 2.00 bits per heavy atom. The van der Waals surface area contributed by atoms with Crippen molar-refractivity contribution in [3.8, 4) is 0 Å². The minimum Gasteiger partial charge on any atom is -0.390 e. The third-order valence-electron chi connectivity index (χ3n) is 6.21. The number of benzene rings is 2. The van der Waals surface area contributed by atoms with Crippen molar-refractivity contribution in [2.75, 3.05) is 26.2 Å². The van der Waals surface area contributed by atoms with Crippen LogP contribution >= 0.6 is 11.9 Å². The molecule has 10 nitrogen and oxygen atoms in total. The van der Waals surface area contributed by atoms with E-state index in [2.05, 4.69) is 43.3 Å². The summed E-state index contributed by atoms with van der Waals surface area (Å²) in [6, 6.07) is 14.8.